The predicted octanol–water partition coefficient (Wildman–Crippen LogP) is 4.31. The van der Waals surface area contributed by atoms with Crippen molar-refractivity contribution in [1.29, 1.82) is 0 Å². The Bertz CT molecular complexity index is 1070. The summed E-state index contributed by atoms with van der Waals surface area (Å²) in [6.07, 6.45) is 0.893. The molecule has 0 saturated heterocycles. The van der Waals surface area contributed by atoms with E-state index in [1.54, 1.807) is 19.2 Å². The predicted molar refractivity (Wildman–Crippen MR) is 121 cm³/mol. The number of hydrogen-bond acceptors (Lipinski definition) is 4. The molecule has 0 heterocycles. The van der Waals surface area contributed by atoms with Gasteiger partial charge >= 0.3 is 0 Å². The van der Waals surface area contributed by atoms with E-state index in [0.717, 1.165) is 11.3 Å². The number of anilines is 1. The Morgan fingerprint density at radius 1 is 0.903 bits per heavy atom. The lowest BCUT2D eigenvalue weighted by molar-refractivity contribution is -0.116. The third-order valence-corrected chi connectivity index (χ3v) is 6.47. The average Bonchev–Trinajstić information content (AvgIpc) is 2.78. The summed E-state index contributed by atoms with van der Waals surface area (Å²) < 4.78 is 32.5. The molecule has 7 heteroatoms. The Balaban J connectivity index is 1.49. The van der Waals surface area contributed by atoms with Crippen molar-refractivity contribution in [2.75, 3.05) is 19.0 Å². The number of amides is 1. The van der Waals surface area contributed by atoms with Gasteiger partial charge in [0.1, 0.15) is 5.75 Å². The van der Waals surface area contributed by atoms with Crippen LogP contribution in [-0.2, 0) is 21.4 Å². The molecule has 3 aromatic rings. The highest BCUT2D eigenvalue weighted by atomic mass is 32.2. The number of nitrogens with zero attached hydrogens (tertiary/aromatic N) is 1. The molecule has 6 nitrogen and oxygen atoms in total. The van der Waals surface area contributed by atoms with Crippen molar-refractivity contribution in [1.82, 2.24) is 4.31 Å². The second-order valence-corrected chi connectivity index (χ2v) is 9.13. The van der Waals surface area contributed by atoms with E-state index in [2.05, 4.69) is 5.32 Å². The second kappa shape index (κ2) is 10.7. The molecule has 0 aromatic heterocycles. The lowest BCUT2D eigenvalue weighted by Crippen LogP contribution is -2.26. The molecule has 3 aromatic carbocycles. The fraction of sp³-hybridized carbons (Fsp3) is 0.208. The zero-order chi connectivity index (χ0) is 22.1. The number of benzene rings is 3. The minimum absolute atomic E-state index is 0.145. The summed E-state index contributed by atoms with van der Waals surface area (Å²) in [5.41, 5.74) is 1.47. The molecule has 0 radical (unpaired) electrons. The molecule has 31 heavy (non-hydrogen) atoms. The first-order valence-corrected chi connectivity index (χ1v) is 11.5. The molecule has 0 aliphatic heterocycles. The number of carbonyl (C=O) groups excluding carboxylic acids is 1. The molecule has 162 valence electrons. The van der Waals surface area contributed by atoms with Crippen LogP contribution in [-0.4, -0.2) is 32.3 Å². The number of rotatable bonds is 10. The number of carbonyl (C=O) groups is 1. The maximum absolute atomic E-state index is 12.8. The van der Waals surface area contributed by atoms with Crippen LogP contribution in [0.4, 0.5) is 5.69 Å². The Kier molecular flexibility index (Phi) is 7.81. The monoisotopic (exact) mass is 438 g/mol. The van der Waals surface area contributed by atoms with E-state index in [0.29, 0.717) is 25.1 Å². The van der Waals surface area contributed by atoms with E-state index in [-0.39, 0.29) is 17.3 Å². The van der Waals surface area contributed by atoms with E-state index >= 15 is 0 Å². The number of hydrogen-bond donors (Lipinski definition) is 1. The Labute approximate surface area is 183 Å². The van der Waals surface area contributed by atoms with Gasteiger partial charge in [-0.2, -0.15) is 4.31 Å². The minimum Gasteiger partial charge on any atom is -0.494 e. The van der Waals surface area contributed by atoms with Gasteiger partial charge in [-0.25, -0.2) is 8.42 Å². The summed E-state index contributed by atoms with van der Waals surface area (Å²) >= 11 is 0. The summed E-state index contributed by atoms with van der Waals surface area (Å²) in [6.45, 7) is 0.731. The van der Waals surface area contributed by atoms with Crippen LogP contribution >= 0.6 is 0 Å². The van der Waals surface area contributed by atoms with Crippen molar-refractivity contribution in [2.45, 2.75) is 24.3 Å². The van der Waals surface area contributed by atoms with Crippen LogP contribution in [0, 0.1) is 0 Å². The van der Waals surface area contributed by atoms with Crippen LogP contribution < -0.4 is 10.1 Å². The summed E-state index contributed by atoms with van der Waals surface area (Å²) in [4.78, 5) is 12.3. The lowest BCUT2D eigenvalue weighted by Gasteiger charge is -2.17. The summed E-state index contributed by atoms with van der Waals surface area (Å²) in [6, 6.07) is 25.1. The normalized spacial score (nSPS) is 11.3. The largest absolute Gasteiger partial charge is 0.494 e. The molecule has 0 spiro atoms. The SMILES string of the molecule is CN(Cc1ccccc1)S(=O)(=O)c1ccc(NC(=O)CCCOc2ccccc2)cc1. The molecule has 1 N–H and O–H groups in total. The molecule has 0 aliphatic carbocycles. The second-order valence-electron chi connectivity index (χ2n) is 7.08. The van der Waals surface area contributed by atoms with Crippen LogP contribution in [0.1, 0.15) is 18.4 Å². The van der Waals surface area contributed by atoms with Gasteiger partial charge < -0.3 is 10.1 Å². The summed E-state index contributed by atoms with van der Waals surface area (Å²) in [5.74, 6) is 0.630. The highest BCUT2D eigenvalue weighted by Gasteiger charge is 2.20. The maximum Gasteiger partial charge on any atom is 0.243 e. The Hall–Kier alpha value is -3.16. The van der Waals surface area contributed by atoms with Gasteiger partial charge in [0.15, 0.2) is 0 Å². The van der Waals surface area contributed by atoms with Crippen LogP contribution in [0.15, 0.2) is 89.8 Å². The summed E-state index contributed by atoms with van der Waals surface area (Å²) in [7, 11) is -2.07. The fourth-order valence-corrected chi connectivity index (χ4v) is 4.14. The van der Waals surface area contributed by atoms with Crippen molar-refractivity contribution in [2.24, 2.45) is 0 Å². The van der Waals surface area contributed by atoms with Crippen LogP contribution in [0.3, 0.4) is 0 Å². The first-order valence-electron chi connectivity index (χ1n) is 10.0. The van der Waals surface area contributed by atoms with E-state index < -0.39 is 10.0 Å². The number of nitrogens with one attached hydrogen (secondary N) is 1. The van der Waals surface area contributed by atoms with Crippen molar-refractivity contribution in [3.05, 3.63) is 90.5 Å². The first-order chi connectivity index (χ1) is 14.9. The van der Waals surface area contributed by atoms with Crippen LogP contribution in [0.25, 0.3) is 0 Å². The van der Waals surface area contributed by atoms with Crippen molar-refractivity contribution < 1.29 is 17.9 Å². The van der Waals surface area contributed by atoms with Gasteiger partial charge in [-0.3, -0.25) is 4.79 Å². The number of sulfonamides is 1. The molecule has 0 bridgehead atoms. The van der Waals surface area contributed by atoms with Gasteiger partial charge in [0, 0.05) is 25.7 Å². The highest BCUT2D eigenvalue weighted by Crippen LogP contribution is 2.19. The number of ether oxygens (including phenoxy) is 1. The molecular formula is C24H26N2O4S. The lowest BCUT2D eigenvalue weighted by atomic mass is 10.2. The fourth-order valence-electron chi connectivity index (χ4n) is 2.98. The maximum atomic E-state index is 12.8. The van der Waals surface area contributed by atoms with Gasteiger partial charge in [-0.1, -0.05) is 48.5 Å². The third-order valence-electron chi connectivity index (χ3n) is 4.65. The molecule has 0 aliphatic rings. The molecule has 0 fully saturated rings. The number of para-hydroxylation sites is 1. The molecule has 0 atom stereocenters. The molecule has 0 unspecified atom stereocenters. The topological polar surface area (TPSA) is 75.7 Å². The van der Waals surface area contributed by atoms with Gasteiger partial charge in [0.2, 0.25) is 15.9 Å². The zero-order valence-corrected chi connectivity index (χ0v) is 18.2. The van der Waals surface area contributed by atoms with Crippen molar-refractivity contribution in [3.63, 3.8) is 0 Å². The van der Waals surface area contributed by atoms with Crippen LogP contribution in [0.2, 0.25) is 0 Å². The van der Waals surface area contributed by atoms with Gasteiger partial charge in [0.25, 0.3) is 0 Å². The van der Waals surface area contributed by atoms with E-state index in [9.17, 15) is 13.2 Å². The molecular weight excluding hydrogens is 412 g/mol. The van der Waals surface area contributed by atoms with E-state index in [4.69, 9.17) is 4.74 Å². The zero-order valence-electron chi connectivity index (χ0n) is 17.4. The smallest absolute Gasteiger partial charge is 0.243 e. The Morgan fingerprint density at radius 3 is 2.16 bits per heavy atom. The highest BCUT2D eigenvalue weighted by molar-refractivity contribution is 7.89. The van der Waals surface area contributed by atoms with Gasteiger partial charge in [-0.15, -0.1) is 0 Å². The summed E-state index contributed by atoms with van der Waals surface area (Å²) in [5, 5.41) is 2.79. The Morgan fingerprint density at radius 2 is 1.52 bits per heavy atom. The van der Waals surface area contributed by atoms with Gasteiger partial charge in [-0.05, 0) is 48.4 Å². The third kappa shape index (κ3) is 6.67. The minimum atomic E-state index is -3.62. The van der Waals surface area contributed by atoms with Crippen molar-refractivity contribution in [3.8, 4) is 5.75 Å². The quantitative estimate of drug-likeness (QED) is 0.479. The van der Waals surface area contributed by atoms with Crippen molar-refractivity contribution >= 4 is 21.6 Å². The molecule has 0 saturated carbocycles. The van der Waals surface area contributed by atoms with Crippen LogP contribution in [0.5, 0.6) is 5.75 Å². The standard InChI is InChI=1S/C24H26N2O4S/c1-26(19-20-9-4-2-5-10-20)31(28,29)23-16-14-21(15-17-23)25-24(27)13-8-18-30-22-11-6-3-7-12-22/h2-7,9-12,14-17H,8,13,18-19H2,1H3,(H,25,27). The van der Waals surface area contributed by atoms with E-state index in [1.165, 1.54) is 16.4 Å². The molecule has 1 amide bonds. The molecule has 3 rings (SSSR count). The van der Waals surface area contributed by atoms with E-state index in [1.807, 2.05) is 60.7 Å². The van der Waals surface area contributed by atoms with Gasteiger partial charge in [0.05, 0.1) is 11.5 Å². The average molecular weight is 439 g/mol. The first kappa shape index (κ1) is 22.5.